The number of furan rings is 1. The second kappa shape index (κ2) is 7.85. The van der Waals surface area contributed by atoms with Crippen LogP contribution >= 0.6 is 11.8 Å². The van der Waals surface area contributed by atoms with Crippen molar-refractivity contribution in [2.45, 2.75) is 18.2 Å². The summed E-state index contributed by atoms with van der Waals surface area (Å²) in [7, 11) is 0. The number of rotatable bonds is 6. The highest BCUT2D eigenvalue weighted by Gasteiger charge is 2.21. The molecule has 28 heavy (non-hydrogen) atoms. The lowest BCUT2D eigenvalue weighted by atomic mass is 10.2. The first-order valence-electron chi connectivity index (χ1n) is 8.64. The summed E-state index contributed by atoms with van der Waals surface area (Å²) in [6.45, 7) is 2.55. The molecule has 4 rings (SSSR count). The largest absolute Gasteiger partial charge is 0.486 e. The van der Waals surface area contributed by atoms with Crippen molar-refractivity contribution in [3.63, 3.8) is 0 Å². The number of hydrogen-bond acceptors (Lipinski definition) is 8. The van der Waals surface area contributed by atoms with E-state index in [9.17, 15) is 4.79 Å². The summed E-state index contributed by atoms with van der Waals surface area (Å²) in [4.78, 5) is 12.2. The normalized spacial score (nSPS) is 15.4. The van der Waals surface area contributed by atoms with Crippen molar-refractivity contribution in [3.8, 4) is 22.9 Å². The molecule has 1 aliphatic heterocycles. The topological polar surface area (TPSA) is 117 Å². The van der Waals surface area contributed by atoms with Crippen molar-refractivity contribution < 1.29 is 18.7 Å². The van der Waals surface area contributed by atoms with Crippen molar-refractivity contribution in [2.75, 3.05) is 24.7 Å². The Morgan fingerprint density at radius 3 is 2.93 bits per heavy atom. The van der Waals surface area contributed by atoms with E-state index in [4.69, 9.17) is 19.7 Å². The van der Waals surface area contributed by atoms with Gasteiger partial charge in [0.15, 0.2) is 17.3 Å². The molecule has 1 amide bonds. The number of aryl methyl sites for hydroxylation is 1. The van der Waals surface area contributed by atoms with Gasteiger partial charge in [0, 0.05) is 0 Å². The van der Waals surface area contributed by atoms with Gasteiger partial charge in [-0.15, -0.1) is 10.2 Å². The lowest BCUT2D eigenvalue weighted by molar-refractivity contribution is -0.119. The van der Waals surface area contributed by atoms with Crippen molar-refractivity contribution in [2.24, 2.45) is 0 Å². The summed E-state index contributed by atoms with van der Waals surface area (Å²) in [6.07, 6.45) is 1.33. The quantitative estimate of drug-likeness (QED) is 0.473. The Morgan fingerprint density at radius 1 is 1.32 bits per heavy atom. The number of ether oxygens (including phenoxy) is 2. The minimum Gasteiger partial charge on any atom is -0.486 e. The minimum absolute atomic E-state index is 0.156. The summed E-state index contributed by atoms with van der Waals surface area (Å²) < 4.78 is 18.1. The molecule has 2 aromatic heterocycles. The maximum absolute atomic E-state index is 12.2. The van der Waals surface area contributed by atoms with E-state index >= 15 is 0 Å². The molecule has 146 valence electrons. The first-order chi connectivity index (χ1) is 13.6. The van der Waals surface area contributed by atoms with Crippen molar-refractivity contribution in [3.05, 3.63) is 42.4 Å². The van der Waals surface area contributed by atoms with E-state index in [1.54, 1.807) is 12.3 Å². The molecule has 3 N–H and O–H groups in total. The second-order valence-electron chi connectivity index (χ2n) is 6.16. The van der Waals surface area contributed by atoms with Gasteiger partial charge in [-0.1, -0.05) is 23.9 Å². The summed E-state index contributed by atoms with van der Waals surface area (Å²) in [5.74, 6) is 8.63. The van der Waals surface area contributed by atoms with Crippen LogP contribution in [0.1, 0.15) is 5.76 Å². The van der Waals surface area contributed by atoms with Gasteiger partial charge in [-0.05, 0) is 25.1 Å². The third-order valence-electron chi connectivity index (χ3n) is 4.19. The highest BCUT2D eigenvalue weighted by molar-refractivity contribution is 7.99. The van der Waals surface area contributed by atoms with E-state index in [2.05, 4.69) is 15.5 Å². The number of amides is 1. The zero-order valence-electron chi connectivity index (χ0n) is 15.1. The Kier molecular flexibility index (Phi) is 5.11. The predicted octanol–water partition coefficient (Wildman–Crippen LogP) is 1.61. The predicted molar refractivity (Wildman–Crippen MR) is 103 cm³/mol. The van der Waals surface area contributed by atoms with Gasteiger partial charge in [0.2, 0.25) is 11.1 Å². The number of nitrogens with zero attached hydrogens (tertiary/aromatic N) is 3. The highest BCUT2D eigenvalue weighted by Crippen LogP contribution is 2.30. The zero-order chi connectivity index (χ0) is 19.5. The summed E-state index contributed by atoms with van der Waals surface area (Å²) in [5, 5.41) is 11.4. The van der Waals surface area contributed by atoms with E-state index in [1.165, 1.54) is 16.4 Å². The molecule has 10 heteroatoms. The standard InChI is InChI=1S/C18H19N5O4S/c1-11-13(6-7-25-11)17-21-22-18(23(17)19)28-10-16(24)20-8-12-9-26-14-4-2-3-5-15(14)27-12/h2-7,12H,8-10,19H2,1H3,(H,20,24). The number of hydrogen-bond donors (Lipinski definition) is 2. The molecule has 1 aromatic carbocycles. The van der Waals surface area contributed by atoms with E-state index in [0.717, 1.165) is 5.56 Å². The molecular weight excluding hydrogens is 382 g/mol. The van der Waals surface area contributed by atoms with Gasteiger partial charge in [-0.2, -0.15) is 0 Å². The number of para-hydroxylation sites is 2. The lowest BCUT2D eigenvalue weighted by Crippen LogP contribution is -2.41. The minimum atomic E-state index is -0.238. The lowest BCUT2D eigenvalue weighted by Gasteiger charge is -2.26. The summed E-state index contributed by atoms with van der Waals surface area (Å²) >= 11 is 1.20. The van der Waals surface area contributed by atoms with Crippen LogP contribution in [-0.2, 0) is 4.79 Å². The van der Waals surface area contributed by atoms with Crippen LogP contribution in [0, 0.1) is 6.92 Å². The Labute approximate surface area is 165 Å². The number of carbonyl (C=O) groups is 1. The number of carbonyl (C=O) groups excluding carboxylic acids is 1. The zero-order valence-corrected chi connectivity index (χ0v) is 15.9. The summed E-state index contributed by atoms with van der Waals surface area (Å²) in [6, 6.07) is 9.23. The van der Waals surface area contributed by atoms with Crippen molar-refractivity contribution >= 4 is 17.7 Å². The highest BCUT2D eigenvalue weighted by atomic mass is 32.2. The Bertz CT molecular complexity index is 986. The molecule has 0 fully saturated rings. The maximum atomic E-state index is 12.2. The van der Waals surface area contributed by atoms with Gasteiger partial charge in [0.1, 0.15) is 18.5 Å². The summed E-state index contributed by atoms with van der Waals surface area (Å²) in [5.41, 5.74) is 0.765. The monoisotopic (exact) mass is 401 g/mol. The van der Waals surface area contributed by atoms with Gasteiger partial charge in [-0.3, -0.25) is 4.79 Å². The smallest absolute Gasteiger partial charge is 0.230 e. The van der Waals surface area contributed by atoms with Crippen LogP contribution in [0.25, 0.3) is 11.4 Å². The van der Waals surface area contributed by atoms with Crippen molar-refractivity contribution in [1.82, 2.24) is 20.2 Å². The van der Waals surface area contributed by atoms with Crippen LogP contribution in [0.4, 0.5) is 0 Å². The Balaban J connectivity index is 1.28. The molecule has 1 aliphatic rings. The van der Waals surface area contributed by atoms with Crippen molar-refractivity contribution in [1.29, 1.82) is 0 Å². The first-order valence-corrected chi connectivity index (χ1v) is 9.63. The number of nitrogens with two attached hydrogens (primary N) is 1. The average Bonchev–Trinajstić information content (AvgIpc) is 3.29. The number of thioether (sulfide) groups is 1. The Hall–Kier alpha value is -3.14. The molecule has 1 unspecified atom stereocenters. The number of nitrogens with one attached hydrogen (secondary N) is 1. The number of fused-ring (bicyclic) bond motifs is 1. The first kappa shape index (κ1) is 18.2. The number of nitrogen functional groups attached to an aromatic ring is 1. The Morgan fingerprint density at radius 2 is 2.14 bits per heavy atom. The third-order valence-corrected chi connectivity index (χ3v) is 5.13. The van der Waals surface area contributed by atoms with Gasteiger partial charge < -0.3 is 25.1 Å². The molecule has 3 aromatic rings. The SMILES string of the molecule is Cc1occc1-c1nnc(SCC(=O)NCC2COc3ccccc3O2)n1N. The van der Waals surface area contributed by atoms with Gasteiger partial charge in [0.05, 0.1) is 24.1 Å². The molecule has 0 bridgehead atoms. The number of benzene rings is 1. The molecule has 9 nitrogen and oxygen atoms in total. The van der Waals surface area contributed by atoms with Gasteiger partial charge in [0.25, 0.3) is 0 Å². The van der Waals surface area contributed by atoms with Crippen LogP contribution in [0.2, 0.25) is 0 Å². The van der Waals surface area contributed by atoms with Gasteiger partial charge in [-0.25, -0.2) is 4.68 Å². The van der Waals surface area contributed by atoms with Crippen LogP contribution in [-0.4, -0.2) is 45.8 Å². The maximum Gasteiger partial charge on any atom is 0.230 e. The molecule has 0 saturated carbocycles. The van der Waals surface area contributed by atoms with Crippen LogP contribution in [0.3, 0.4) is 0 Å². The molecule has 0 saturated heterocycles. The van der Waals surface area contributed by atoms with E-state index < -0.39 is 0 Å². The molecule has 1 atom stereocenters. The van der Waals surface area contributed by atoms with E-state index in [-0.39, 0.29) is 17.8 Å². The van der Waals surface area contributed by atoms with Gasteiger partial charge >= 0.3 is 0 Å². The van der Waals surface area contributed by atoms with E-state index in [1.807, 2.05) is 31.2 Å². The fraction of sp³-hybridized carbons (Fsp3) is 0.278. The molecule has 3 heterocycles. The molecule has 0 aliphatic carbocycles. The van der Waals surface area contributed by atoms with Crippen LogP contribution in [0.15, 0.2) is 46.2 Å². The average molecular weight is 401 g/mol. The third kappa shape index (κ3) is 3.77. The van der Waals surface area contributed by atoms with Crippen LogP contribution < -0.4 is 20.6 Å². The van der Waals surface area contributed by atoms with E-state index in [0.29, 0.717) is 41.4 Å². The fourth-order valence-electron chi connectivity index (χ4n) is 2.75. The molecular formula is C18H19N5O4S. The fourth-order valence-corrected chi connectivity index (χ4v) is 3.43. The molecule has 0 spiro atoms. The van der Waals surface area contributed by atoms with Crippen LogP contribution in [0.5, 0.6) is 11.5 Å². The molecule has 0 radical (unpaired) electrons. The second-order valence-corrected chi connectivity index (χ2v) is 7.10. The number of aromatic nitrogens is 3.